The van der Waals surface area contributed by atoms with E-state index in [-0.39, 0.29) is 31.8 Å². The van der Waals surface area contributed by atoms with Crippen LogP contribution in [0.25, 0.3) is 0 Å². The van der Waals surface area contributed by atoms with Gasteiger partial charge in [0, 0.05) is 18.7 Å². The van der Waals surface area contributed by atoms with E-state index in [1.165, 1.54) is 29.2 Å². The molecule has 2 aromatic carbocycles. The lowest BCUT2D eigenvalue weighted by Crippen LogP contribution is -2.36. The van der Waals surface area contributed by atoms with Crippen LogP contribution in [0.4, 0.5) is 18.0 Å². The Balaban J connectivity index is 2.19. The number of nitrogens with two attached hydrogens (primary N) is 1. The van der Waals surface area contributed by atoms with Crippen molar-refractivity contribution in [3.05, 3.63) is 70.8 Å². The van der Waals surface area contributed by atoms with Crippen LogP contribution in [0.15, 0.2) is 48.5 Å². The van der Waals surface area contributed by atoms with Gasteiger partial charge in [0.1, 0.15) is 6.54 Å². The third-order valence-corrected chi connectivity index (χ3v) is 4.23. The van der Waals surface area contributed by atoms with Gasteiger partial charge in [-0.3, -0.25) is 9.59 Å². The maximum Gasteiger partial charge on any atom is 0.416 e. The van der Waals surface area contributed by atoms with Crippen molar-refractivity contribution in [1.82, 2.24) is 10.2 Å². The van der Waals surface area contributed by atoms with Gasteiger partial charge in [-0.05, 0) is 42.3 Å². The monoisotopic (exact) mass is 437 g/mol. The molecular formula is C21H22F3N3O4. The molecule has 7 nitrogen and oxygen atoms in total. The molecule has 10 heteroatoms. The predicted octanol–water partition coefficient (Wildman–Crippen LogP) is 3.08. The average Bonchev–Trinajstić information content (AvgIpc) is 2.71. The predicted molar refractivity (Wildman–Crippen MR) is 106 cm³/mol. The molecule has 3 N–H and O–H groups in total. The summed E-state index contributed by atoms with van der Waals surface area (Å²) in [5.41, 5.74) is 5.60. The van der Waals surface area contributed by atoms with Gasteiger partial charge in [0.25, 0.3) is 5.91 Å². The topological polar surface area (TPSA) is 102 Å². The van der Waals surface area contributed by atoms with Crippen LogP contribution in [0, 0.1) is 0 Å². The molecule has 0 aliphatic heterocycles. The Morgan fingerprint density at radius 2 is 1.58 bits per heavy atom. The zero-order valence-electron chi connectivity index (χ0n) is 16.7. The first kappa shape index (κ1) is 23.7. The number of esters is 1. The van der Waals surface area contributed by atoms with E-state index in [2.05, 4.69) is 5.32 Å². The molecule has 0 aliphatic carbocycles. The molecule has 0 saturated heterocycles. The molecule has 166 valence electrons. The summed E-state index contributed by atoms with van der Waals surface area (Å²) in [5.74, 6) is -1.13. The summed E-state index contributed by atoms with van der Waals surface area (Å²) in [6, 6.07) is 9.94. The Morgan fingerprint density at radius 3 is 2.10 bits per heavy atom. The second-order valence-electron chi connectivity index (χ2n) is 6.58. The summed E-state index contributed by atoms with van der Waals surface area (Å²) in [7, 11) is 0. The fourth-order valence-corrected chi connectivity index (χ4v) is 2.72. The van der Waals surface area contributed by atoms with Gasteiger partial charge in [0.05, 0.1) is 12.2 Å². The number of halogens is 3. The Labute approximate surface area is 177 Å². The van der Waals surface area contributed by atoms with Gasteiger partial charge in [0.15, 0.2) is 0 Å². The molecule has 0 aromatic heterocycles. The van der Waals surface area contributed by atoms with E-state index in [9.17, 15) is 27.6 Å². The van der Waals surface area contributed by atoms with Crippen molar-refractivity contribution >= 4 is 17.9 Å². The zero-order valence-corrected chi connectivity index (χ0v) is 16.7. The number of carbonyl (C=O) groups is 3. The molecule has 0 atom stereocenters. The molecule has 0 radical (unpaired) electrons. The molecule has 0 saturated carbocycles. The summed E-state index contributed by atoms with van der Waals surface area (Å²) < 4.78 is 43.2. The maximum atomic E-state index is 12.9. The van der Waals surface area contributed by atoms with E-state index in [1.807, 2.05) is 0 Å². The lowest BCUT2D eigenvalue weighted by molar-refractivity contribution is -0.144. The van der Waals surface area contributed by atoms with Crippen molar-refractivity contribution in [1.29, 1.82) is 0 Å². The highest BCUT2D eigenvalue weighted by Gasteiger charge is 2.30. The van der Waals surface area contributed by atoms with Crippen molar-refractivity contribution in [2.75, 3.05) is 13.2 Å². The first-order chi connectivity index (χ1) is 14.6. The molecule has 2 aromatic rings. The first-order valence-electron chi connectivity index (χ1n) is 9.33. The van der Waals surface area contributed by atoms with E-state index in [0.29, 0.717) is 11.1 Å². The van der Waals surface area contributed by atoms with E-state index >= 15 is 0 Å². The minimum absolute atomic E-state index is 0.0826. The Bertz CT molecular complexity index is 913. The second-order valence-corrected chi connectivity index (χ2v) is 6.58. The number of nitrogens with zero attached hydrogens (tertiary/aromatic N) is 1. The number of urea groups is 1. The third kappa shape index (κ3) is 7.32. The van der Waals surface area contributed by atoms with Crippen LogP contribution in [-0.4, -0.2) is 36.0 Å². The number of primary amides is 1. The van der Waals surface area contributed by atoms with Crippen LogP contribution in [0.1, 0.15) is 34.0 Å². The fraction of sp³-hybridized carbons (Fsp3) is 0.286. The molecule has 0 bridgehead atoms. The van der Waals surface area contributed by atoms with Gasteiger partial charge < -0.3 is 20.7 Å². The van der Waals surface area contributed by atoms with Gasteiger partial charge >= 0.3 is 18.2 Å². The second kappa shape index (κ2) is 10.5. The van der Waals surface area contributed by atoms with Crippen molar-refractivity contribution in [2.45, 2.75) is 26.2 Å². The number of alkyl halides is 3. The molecule has 0 aliphatic rings. The van der Waals surface area contributed by atoms with E-state index in [4.69, 9.17) is 10.5 Å². The molecule has 0 heterocycles. The van der Waals surface area contributed by atoms with E-state index in [0.717, 1.165) is 12.1 Å². The molecule has 0 spiro atoms. The first-order valence-corrected chi connectivity index (χ1v) is 9.33. The Hall–Kier alpha value is -3.56. The van der Waals surface area contributed by atoms with E-state index < -0.39 is 29.6 Å². The molecule has 31 heavy (non-hydrogen) atoms. The molecule has 0 unspecified atom stereocenters. The van der Waals surface area contributed by atoms with Gasteiger partial charge in [-0.15, -0.1) is 0 Å². The van der Waals surface area contributed by atoms with Crippen LogP contribution in [0.2, 0.25) is 0 Å². The number of hydrogen-bond donors (Lipinski definition) is 2. The minimum atomic E-state index is -4.47. The van der Waals surface area contributed by atoms with Crippen molar-refractivity contribution < 1.29 is 32.3 Å². The van der Waals surface area contributed by atoms with Gasteiger partial charge in [-0.2, -0.15) is 13.2 Å². The number of ether oxygens (including phenoxy) is 1. The lowest BCUT2D eigenvalue weighted by Gasteiger charge is -2.22. The quantitative estimate of drug-likeness (QED) is 0.620. The third-order valence-electron chi connectivity index (χ3n) is 4.23. The normalized spacial score (nSPS) is 11.0. The highest BCUT2D eigenvalue weighted by Crippen LogP contribution is 2.29. The van der Waals surface area contributed by atoms with Crippen LogP contribution in [0.5, 0.6) is 0 Å². The molecule has 3 amide bonds. The largest absolute Gasteiger partial charge is 0.465 e. The fourth-order valence-electron chi connectivity index (χ4n) is 2.72. The SMILES string of the molecule is CCOC(=O)CN(Cc1ccc(C(F)(F)F)cc1)C(=O)c1ccc(CNC(N)=O)cc1. The highest BCUT2D eigenvalue weighted by atomic mass is 19.4. The number of rotatable bonds is 8. The molecule has 2 rings (SSSR count). The van der Waals surface area contributed by atoms with E-state index in [1.54, 1.807) is 19.1 Å². The summed E-state index contributed by atoms with van der Waals surface area (Å²) in [4.78, 5) is 36.9. The Kier molecular flexibility index (Phi) is 8.00. The summed E-state index contributed by atoms with van der Waals surface area (Å²) in [5, 5.41) is 2.42. The molecular weight excluding hydrogens is 415 g/mol. The average molecular weight is 437 g/mol. The van der Waals surface area contributed by atoms with Gasteiger partial charge in [-0.1, -0.05) is 24.3 Å². The number of nitrogens with one attached hydrogen (secondary N) is 1. The lowest BCUT2D eigenvalue weighted by atomic mass is 10.1. The summed E-state index contributed by atoms with van der Waals surface area (Å²) in [6.07, 6.45) is -4.47. The van der Waals surface area contributed by atoms with Crippen LogP contribution in [0.3, 0.4) is 0 Å². The summed E-state index contributed by atoms with van der Waals surface area (Å²) >= 11 is 0. The number of benzene rings is 2. The van der Waals surface area contributed by atoms with Gasteiger partial charge in [0.2, 0.25) is 0 Å². The van der Waals surface area contributed by atoms with Gasteiger partial charge in [-0.25, -0.2) is 4.79 Å². The summed E-state index contributed by atoms with van der Waals surface area (Å²) in [6.45, 7) is 1.49. The van der Waals surface area contributed by atoms with Crippen molar-refractivity contribution in [3.8, 4) is 0 Å². The number of amides is 3. The molecule has 0 fully saturated rings. The van der Waals surface area contributed by atoms with Crippen molar-refractivity contribution in [2.24, 2.45) is 5.73 Å². The smallest absolute Gasteiger partial charge is 0.416 e. The maximum absolute atomic E-state index is 12.9. The van der Waals surface area contributed by atoms with Crippen molar-refractivity contribution in [3.63, 3.8) is 0 Å². The number of carbonyl (C=O) groups excluding carboxylic acids is 3. The highest BCUT2D eigenvalue weighted by molar-refractivity contribution is 5.96. The zero-order chi connectivity index (χ0) is 23.0. The standard InChI is InChI=1S/C21H22F3N3O4/c1-2-31-18(28)13-27(12-15-5-9-17(10-6-15)21(22,23)24)19(29)16-7-3-14(4-8-16)11-26-20(25)30/h3-10H,2,11-13H2,1H3,(H3,25,26,30). The number of hydrogen-bond acceptors (Lipinski definition) is 4. The van der Waals surface area contributed by atoms with Crippen LogP contribution >= 0.6 is 0 Å². The minimum Gasteiger partial charge on any atom is -0.465 e. The Morgan fingerprint density at radius 1 is 1.00 bits per heavy atom. The van der Waals surface area contributed by atoms with Crippen LogP contribution < -0.4 is 11.1 Å². The van der Waals surface area contributed by atoms with Crippen LogP contribution in [-0.2, 0) is 28.8 Å².